The van der Waals surface area contributed by atoms with Gasteiger partial charge in [0.05, 0.1) is 0 Å². The van der Waals surface area contributed by atoms with Crippen LogP contribution in [0.25, 0.3) is 0 Å². The summed E-state index contributed by atoms with van der Waals surface area (Å²) in [5, 5.41) is 0. The molecule has 4 nitrogen and oxygen atoms in total. The number of benzene rings is 1. The smallest absolute Gasteiger partial charge is 0.254 e. The largest absolute Gasteiger partial charge is 0.398 e. The van der Waals surface area contributed by atoms with Gasteiger partial charge in [0.1, 0.15) is 0 Å². The number of hydrogen-bond donors (Lipinski definition) is 1. The van der Waals surface area contributed by atoms with E-state index in [1.807, 2.05) is 37.9 Å². The van der Waals surface area contributed by atoms with Crippen molar-refractivity contribution in [3.63, 3.8) is 0 Å². The van der Waals surface area contributed by atoms with Crippen molar-refractivity contribution in [3.8, 4) is 0 Å². The van der Waals surface area contributed by atoms with Crippen LogP contribution in [0.2, 0.25) is 0 Å². The van der Waals surface area contributed by atoms with E-state index in [1.54, 1.807) is 0 Å². The normalized spacial score (nSPS) is 19.9. The molecule has 1 aliphatic rings. The highest BCUT2D eigenvalue weighted by Gasteiger charge is 2.26. The van der Waals surface area contributed by atoms with Gasteiger partial charge in [-0.15, -0.1) is 0 Å². The number of hydrogen-bond acceptors (Lipinski definition) is 3. The van der Waals surface area contributed by atoms with Crippen LogP contribution in [-0.4, -0.2) is 48.9 Å². The molecule has 1 amide bonds. The van der Waals surface area contributed by atoms with Gasteiger partial charge in [0.15, 0.2) is 0 Å². The van der Waals surface area contributed by atoms with E-state index in [0.717, 1.165) is 42.6 Å². The van der Waals surface area contributed by atoms with Gasteiger partial charge in [-0.25, -0.2) is 0 Å². The summed E-state index contributed by atoms with van der Waals surface area (Å²) in [5.41, 5.74) is 9.39. The molecule has 1 heterocycles. The first kappa shape index (κ1) is 14.9. The van der Waals surface area contributed by atoms with Crippen LogP contribution in [0.4, 0.5) is 5.69 Å². The number of nitrogen functional groups attached to an aromatic ring is 1. The number of likely N-dealkylation sites (N-methyl/N-ethyl adjacent to an activating group) is 2. The number of anilines is 1. The molecule has 0 saturated carbocycles. The van der Waals surface area contributed by atoms with Crippen molar-refractivity contribution in [2.45, 2.75) is 32.7 Å². The zero-order chi connectivity index (χ0) is 14.9. The summed E-state index contributed by atoms with van der Waals surface area (Å²) in [7, 11) is 4.02. The average Bonchev–Trinajstić information content (AvgIpc) is 2.41. The Hall–Kier alpha value is -1.55. The first-order valence-electron chi connectivity index (χ1n) is 7.22. The van der Waals surface area contributed by atoms with E-state index in [2.05, 4.69) is 11.9 Å². The van der Waals surface area contributed by atoms with E-state index in [1.165, 1.54) is 0 Å². The minimum absolute atomic E-state index is 0.0782. The summed E-state index contributed by atoms with van der Waals surface area (Å²) < 4.78 is 0. The van der Waals surface area contributed by atoms with Crippen LogP contribution < -0.4 is 5.73 Å². The monoisotopic (exact) mass is 275 g/mol. The average molecular weight is 275 g/mol. The summed E-state index contributed by atoms with van der Waals surface area (Å²) in [5.74, 6) is 0.0782. The number of nitrogens with two attached hydrogens (primary N) is 1. The number of carbonyl (C=O) groups excluding carboxylic acids is 1. The van der Waals surface area contributed by atoms with Gasteiger partial charge in [0.25, 0.3) is 5.91 Å². The molecule has 2 N–H and O–H groups in total. The van der Waals surface area contributed by atoms with Crippen molar-refractivity contribution in [1.29, 1.82) is 0 Å². The summed E-state index contributed by atoms with van der Waals surface area (Å²) >= 11 is 0. The Labute approximate surface area is 121 Å². The minimum Gasteiger partial charge on any atom is -0.398 e. The summed E-state index contributed by atoms with van der Waals surface area (Å²) in [6.07, 6.45) is 2.22. The van der Waals surface area contributed by atoms with Crippen LogP contribution in [-0.2, 0) is 0 Å². The molecule has 1 fully saturated rings. The Balaban J connectivity index is 2.20. The molecule has 2 rings (SSSR count). The van der Waals surface area contributed by atoms with Gasteiger partial charge in [0, 0.05) is 30.9 Å². The van der Waals surface area contributed by atoms with Gasteiger partial charge >= 0.3 is 0 Å². The number of aryl methyl sites for hydroxylation is 2. The van der Waals surface area contributed by atoms with Crippen LogP contribution in [0.3, 0.4) is 0 Å². The number of carbonyl (C=O) groups is 1. The SMILES string of the molecule is Cc1cc(C)c(C(=O)N(C)C2CCCN(C)C2)cc1N. The van der Waals surface area contributed by atoms with E-state index >= 15 is 0 Å². The zero-order valence-electron chi connectivity index (χ0n) is 12.9. The van der Waals surface area contributed by atoms with Crippen molar-refractivity contribution < 1.29 is 4.79 Å². The highest BCUT2D eigenvalue weighted by atomic mass is 16.2. The van der Waals surface area contributed by atoms with Gasteiger partial charge < -0.3 is 15.5 Å². The molecule has 0 spiro atoms. The van der Waals surface area contributed by atoms with E-state index in [0.29, 0.717) is 11.7 Å². The second kappa shape index (κ2) is 5.83. The molecule has 0 radical (unpaired) electrons. The van der Waals surface area contributed by atoms with Gasteiger partial charge in [-0.1, -0.05) is 6.07 Å². The summed E-state index contributed by atoms with van der Waals surface area (Å²) in [4.78, 5) is 16.9. The van der Waals surface area contributed by atoms with Crippen LogP contribution in [0.1, 0.15) is 34.3 Å². The lowest BCUT2D eigenvalue weighted by Gasteiger charge is -2.36. The van der Waals surface area contributed by atoms with E-state index in [9.17, 15) is 4.79 Å². The summed E-state index contributed by atoms with van der Waals surface area (Å²) in [6.45, 7) is 6.01. The maximum atomic E-state index is 12.7. The molecule has 1 aromatic carbocycles. The Morgan fingerprint density at radius 2 is 2.05 bits per heavy atom. The van der Waals surface area contributed by atoms with Crippen LogP contribution >= 0.6 is 0 Å². The molecule has 20 heavy (non-hydrogen) atoms. The molecule has 1 saturated heterocycles. The fourth-order valence-corrected chi connectivity index (χ4v) is 2.91. The quantitative estimate of drug-likeness (QED) is 0.840. The van der Waals surface area contributed by atoms with E-state index in [4.69, 9.17) is 5.73 Å². The van der Waals surface area contributed by atoms with Crippen molar-refractivity contribution in [2.75, 3.05) is 32.9 Å². The van der Waals surface area contributed by atoms with Crippen LogP contribution in [0.15, 0.2) is 12.1 Å². The third-order valence-electron chi connectivity index (χ3n) is 4.31. The van der Waals surface area contributed by atoms with Crippen molar-refractivity contribution >= 4 is 11.6 Å². The third kappa shape index (κ3) is 2.96. The number of likely N-dealkylation sites (tertiary alicyclic amines) is 1. The number of nitrogens with zero attached hydrogens (tertiary/aromatic N) is 2. The molecule has 4 heteroatoms. The first-order chi connectivity index (χ1) is 9.40. The second-order valence-corrected chi connectivity index (χ2v) is 6.00. The lowest BCUT2D eigenvalue weighted by Crippen LogP contribution is -2.47. The zero-order valence-corrected chi connectivity index (χ0v) is 12.9. The molecular formula is C16H25N3O. The molecule has 1 aromatic rings. The van der Waals surface area contributed by atoms with Gasteiger partial charge in [-0.2, -0.15) is 0 Å². The Bertz CT molecular complexity index is 513. The van der Waals surface area contributed by atoms with Crippen molar-refractivity contribution in [2.24, 2.45) is 0 Å². The highest BCUT2D eigenvalue weighted by Crippen LogP contribution is 2.21. The van der Waals surface area contributed by atoms with E-state index < -0.39 is 0 Å². The molecule has 0 aromatic heterocycles. The molecule has 1 atom stereocenters. The second-order valence-electron chi connectivity index (χ2n) is 6.00. The van der Waals surface area contributed by atoms with Crippen molar-refractivity contribution in [1.82, 2.24) is 9.80 Å². The molecule has 0 aliphatic carbocycles. The molecular weight excluding hydrogens is 250 g/mol. The summed E-state index contributed by atoms with van der Waals surface area (Å²) in [6, 6.07) is 4.10. The van der Waals surface area contributed by atoms with Gasteiger partial charge in [-0.05, 0) is 57.5 Å². The Kier molecular flexibility index (Phi) is 4.33. The Morgan fingerprint density at radius 1 is 1.35 bits per heavy atom. The predicted octanol–water partition coefficient (Wildman–Crippen LogP) is 2.05. The predicted molar refractivity (Wildman–Crippen MR) is 82.9 cm³/mol. The third-order valence-corrected chi connectivity index (χ3v) is 4.31. The number of rotatable bonds is 2. The lowest BCUT2D eigenvalue weighted by atomic mass is 10.0. The lowest BCUT2D eigenvalue weighted by molar-refractivity contribution is 0.0643. The molecule has 1 unspecified atom stereocenters. The fraction of sp³-hybridized carbons (Fsp3) is 0.562. The van der Waals surface area contributed by atoms with Gasteiger partial charge in [0.2, 0.25) is 0 Å². The van der Waals surface area contributed by atoms with Crippen LogP contribution in [0.5, 0.6) is 0 Å². The first-order valence-corrected chi connectivity index (χ1v) is 7.22. The maximum Gasteiger partial charge on any atom is 0.254 e. The molecule has 0 bridgehead atoms. The number of piperidine rings is 1. The standard InChI is InChI=1S/C16H25N3O/c1-11-8-12(2)15(17)9-14(11)16(20)19(4)13-6-5-7-18(3)10-13/h8-9,13H,5-7,10,17H2,1-4H3. The van der Waals surface area contributed by atoms with E-state index in [-0.39, 0.29) is 5.91 Å². The Morgan fingerprint density at radius 3 is 2.70 bits per heavy atom. The topological polar surface area (TPSA) is 49.6 Å². The minimum atomic E-state index is 0.0782. The van der Waals surface area contributed by atoms with Crippen LogP contribution in [0, 0.1) is 13.8 Å². The highest BCUT2D eigenvalue weighted by molar-refractivity contribution is 5.96. The van der Waals surface area contributed by atoms with Crippen molar-refractivity contribution in [3.05, 3.63) is 28.8 Å². The molecule has 110 valence electrons. The molecule has 1 aliphatic heterocycles. The maximum absolute atomic E-state index is 12.7. The number of amides is 1. The fourth-order valence-electron chi connectivity index (χ4n) is 2.91. The van der Waals surface area contributed by atoms with Gasteiger partial charge in [-0.3, -0.25) is 4.79 Å².